The van der Waals surface area contributed by atoms with Crippen LogP contribution >= 0.6 is 0 Å². The fourth-order valence-corrected chi connectivity index (χ4v) is 2.67. The molecular formula is C15H18N4O2. The predicted molar refractivity (Wildman–Crippen MR) is 79.9 cm³/mol. The maximum atomic E-state index is 12.3. The van der Waals surface area contributed by atoms with E-state index in [-0.39, 0.29) is 18.7 Å². The lowest BCUT2D eigenvalue weighted by atomic mass is 10.1. The molecule has 0 radical (unpaired) electrons. The molecule has 1 atom stereocenters. The summed E-state index contributed by atoms with van der Waals surface area (Å²) in [6, 6.07) is 7.40. The molecule has 3 rings (SSSR count). The zero-order chi connectivity index (χ0) is 14.7. The van der Waals surface area contributed by atoms with E-state index in [2.05, 4.69) is 15.5 Å². The Balaban J connectivity index is 1.73. The number of urea groups is 1. The number of nitrogens with zero attached hydrogens (tertiary/aromatic N) is 2. The Hall–Kier alpha value is -2.34. The van der Waals surface area contributed by atoms with Crippen molar-refractivity contribution in [3.8, 4) is 11.1 Å². The molecule has 110 valence electrons. The van der Waals surface area contributed by atoms with Crippen LogP contribution in [0.4, 0.5) is 10.5 Å². The summed E-state index contributed by atoms with van der Waals surface area (Å²) < 4.78 is 0. The Morgan fingerprint density at radius 1 is 1.48 bits per heavy atom. The molecule has 2 amide bonds. The zero-order valence-corrected chi connectivity index (χ0v) is 11.6. The van der Waals surface area contributed by atoms with E-state index in [0.717, 1.165) is 29.7 Å². The largest absolute Gasteiger partial charge is 0.394 e. The number of aliphatic hydroxyl groups is 1. The first-order chi connectivity index (χ1) is 10.3. The van der Waals surface area contributed by atoms with Crippen LogP contribution in [-0.4, -0.2) is 45.4 Å². The van der Waals surface area contributed by atoms with Crippen molar-refractivity contribution >= 4 is 11.7 Å². The van der Waals surface area contributed by atoms with Gasteiger partial charge in [-0.15, -0.1) is 0 Å². The summed E-state index contributed by atoms with van der Waals surface area (Å²) in [4.78, 5) is 14.0. The van der Waals surface area contributed by atoms with Gasteiger partial charge in [0.2, 0.25) is 0 Å². The summed E-state index contributed by atoms with van der Waals surface area (Å²) in [6.45, 7) is 0.709. The van der Waals surface area contributed by atoms with E-state index in [1.807, 2.05) is 30.5 Å². The standard InChI is InChI=1S/C15H18N4O2/c20-10-14-5-2-6-19(14)15(21)18-13-4-1-3-11(7-13)12-8-16-17-9-12/h1,3-4,7-9,14,20H,2,5-6,10H2,(H,16,17)(H,18,21)/t14-/m0/s1. The fourth-order valence-electron chi connectivity index (χ4n) is 2.67. The molecule has 1 fully saturated rings. The van der Waals surface area contributed by atoms with Gasteiger partial charge in [0.05, 0.1) is 18.8 Å². The molecule has 6 nitrogen and oxygen atoms in total. The number of hydrogen-bond acceptors (Lipinski definition) is 3. The highest BCUT2D eigenvalue weighted by atomic mass is 16.3. The van der Waals surface area contributed by atoms with Crippen LogP contribution in [0.5, 0.6) is 0 Å². The van der Waals surface area contributed by atoms with E-state index >= 15 is 0 Å². The maximum Gasteiger partial charge on any atom is 0.322 e. The van der Waals surface area contributed by atoms with E-state index in [9.17, 15) is 9.90 Å². The van der Waals surface area contributed by atoms with E-state index in [4.69, 9.17) is 0 Å². The number of H-pyrrole nitrogens is 1. The molecular weight excluding hydrogens is 268 g/mol. The first kappa shape index (κ1) is 13.6. The first-order valence-corrected chi connectivity index (χ1v) is 7.05. The van der Waals surface area contributed by atoms with Crippen molar-refractivity contribution in [2.24, 2.45) is 0 Å². The molecule has 0 spiro atoms. The molecule has 0 aliphatic carbocycles. The number of hydrogen-bond donors (Lipinski definition) is 3. The van der Waals surface area contributed by atoms with Crippen LogP contribution in [0, 0.1) is 0 Å². The number of likely N-dealkylation sites (tertiary alicyclic amines) is 1. The summed E-state index contributed by atoms with van der Waals surface area (Å²) in [5, 5.41) is 18.9. The van der Waals surface area contributed by atoms with Gasteiger partial charge in [-0.05, 0) is 30.5 Å². The molecule has 3 N–H and O–H groups in total. The highest BCUT2D eigenvalue weighted by Crippen LogP contribution is 2.23. The topological polar surface area (TPSA) is 81.2 Å². The quantitative estimate of drug-likeness (QED) is 0.808. The molecule has 21 heavy (non-hydrogen) atoms. The molecule has 1 aromatic heterocycles. The Bertz CT molecular complexity index is 612. The Kier molecular flexibility index (Phi) is 3.87. The van der Waals surface area contributed by atoms with Gasteiger partial charge >= 0.3 is 6.03 Å². The molecule has 1 aliphatic heterocycles. The molecule has 1 saturated heterocycles. The lowest BCUT2D eigenvalue weighted by Crippen LogP contribution is -2.40. The summed E-state index contributed by atoms with van der Waals surface area (Å²) >= 11 is 0. The number of aliphatic hydroxyl groups excluding tert-OH is 1. The van der Waals surface area contributed by atoms with Gasteiger partial charge in [-0.2, -0.15) is 5.10 Å². The Morgan fingerprint density at radius 3 is 3.14 bits per heavy atom. The minimum Gasteiger partial charge on any atom is -0.394 e. The molecule has 1 aromatic carbocycles. The number of carbonyl (C=O) groups excluding carboxylic acids is 1. The van der Waals surface area contributed by atoms with Crippen LogP contribution in [0.25, 0.3) is 11.1 Å². The SMILES string of the molecule is O=C(Nc1cccc(-c2cn[nH]c2)c1)N1CCC[C@H]1CO. The van der Waals surface area contributed by atoms with Crippen molar-refractivity contribution in [2.75, 3.05) is 18.5 Å². The van der Waals surface area contributed by atoms with Crippen molar-refractivity contribution < 1.29 is 9.90 Å². The smallest absolute Gasteiger partial charge is 0.322 e. The molecule has 0 unspecified atom stereocenters. The minimum absolute atomic E-state index is 0.0163. The third kappa shape index (κ3) is 2.90. The fraction of sp³-hybridized carbons (Fsp3) is 0.333. The zero-order valence-electron chi connectivity index (χ0n) is 11.6. The molecule has 1 aliphatic rings. The third-order valence-electron chi connectivity index (χ3n) is 3.79. The minimum atomic E-state index is -0.157. The first-order valence-electron chi connectivity index (χ1n) is 7.05. The van der Waals surface area contributed by atoms with Crippen molar-refractivity contribution in [3.63, 3.8) is 0 Å². The third-order valence-corrected chi connectivity index (χ3v) is 3.79. The van der Waals surface area contributed by atoms with Crippen LogP contribution in [0.2, 0.25) is 0 Å². The van der Waals surface area contributed by atoms with Gasteiger partial charge in [0, 0.05) is 24.0 Å². The van der Waals surface area contributed by atoms with E-state index in [1.165, 1.54) is 0 Å². The normalized spacial score (nSPS) is 18.0. The number of rotatable bonds is 3. The van der Waals surface area contributed by atoms with Gasteiger partial charge in [-0.3, -0.25) is 5.10 Å². The summed E-state index contributed by atoms with van der Waals surface area (Å²) in [5.41, 5.74) is 2.70. The van der Waals surface area contributed by atoms with E-state index in [1.54, 1.807) is 11.1 Å². The molecule has 0 saturated carbocycles. The van der Waals surface area contributed by atoms with Crippen LogP contribution in [-0.2, 0) is 0 Å². The Morgan fingerprint density at radius 2 is 2.38 bits per heavy atom. The molecule has 6 heteroatoms. The monoisotopic (exact) mass is 286 g/mol. The lowest BCUT2D eigenvalue weighted by molar-refractivity contribution is 0.166. The average molecular weight is 286 g/mol. The highest BCUT2D eigenvalue weighted by Gasteiger charge is 2.27. The summed E-state index contributed by atoms with van der Waals surface area (Å²) in [5.74, 6) is 0. The van der Waals surface area contributed by atoms with Crippen molar-refractivity contribution in [3.05, 3.63) is 36.7 Å². The van der Waals surface area contributed by atoms with Gasteiger partial charge in [0.25, 0.3) is 0 Å². The van der Waals surface area contributed by atoms with E-state index in [0.29, 0.717) is 6.54 Å². The number of carbonyl (C=O) groups is 1. The molecule has 2 aromatic rings. The van der Waals surface area contributed by atoms with Gasteiger partial charge in [-0.25, -0.2) is 4.79 Å². The molecule has 2 heterocycles. The average Bonchev–Trinajstić information content (AvgIpc) is 3.18. The van der Waals surface area contributed by atoms with Crippen molar-refractivity contribution in [1.82, 2.24) is 15.1 Å². The van der Waals surface area contributed by atoms with Gasteiger partial charge in [0.15, 0.2) is 0 Å². The van der Waals surface area contributed by atoms with Gasteiger partial charge < -0.3 is 15.3 Å². The van der Waals surface area contributed by atoms with Crippen molar-refractivity contribution in [2.45, 2.75) is 18.9 Å². The van der Waals surface area contributed by atoms with Gasteiger partial charge in [0.1, 0.15) is 0 Å². The van der Waals surface area contributed by atoms with Crippen LogP contribution in [0.3, 0.4) is 0 Å². The number of benzene rings is 1. The summed E-state index contributed by atoms with van der Waals surface area (Å²) in [6.07, 6.45) is 5.35. The highest BCUT2D eigenvalue weighted by molar-refractivity contribution is 5.90. The van der Waals surface area contributed by atoms with Crippen LogP contribution in [0.15, 0.2) is 36.7 Å². The summed E-state index contributed by atoms with van der Waals surface area (Å²) in [7, 11) is 0. The van der Waals surface area contributed by atoms with Crippen LogP contribution in [0.1, 0.15) is 12.8 Å². The predicted octanol–water partition coefficient (Wildman–Crippen LogP) is 2.07. The maximum absolute atomic E-state index is 12.3. The Labute approximate surface area is 122 Å². The number of aromatic nitrogens is 2. The molecule has 0 bridgehead atoms. The second kappa shape index (κ2) is 5.97. The number of nitrogens with one attached hydrogen (secondary N) is 2. The van der Waals surface area contributed by atoms with Crippen molar-refractivity contribution in [1.29, 1.82) is 0 Å². The number of aromatic amines is 1. The number of amides is 2. The second-order valence-corrected chi connectivity index (χ2v) is 5.17. The lowest BCUT2D eigenvalue weighted by Gasteiger charge is -2.23. The van der Waals surface area contributed by atoms with E-state index < -0.39 is 0 Å². The number of anilines is 1. The van der Waals surface area contributed by atoms with Gasteiger partial charge in [-0.1, -0.05) is 12.1 Å². The second-order valence-electron chi connectivity index (χ2n) is 5.17. The van der Waals surface area contributed by atoms with Crippen LogP contribution < -0.4 is 5.32 Å².